The van der Waals surface area contributed by atoms with Crippen LogP contribution in [0.2, 0.25) is 0 Å². The number of amides is 1. The van der Waals surface area contributed by atoms with Gasteiger partial charge in [0.15, 0.2) is 0 Å². The number of carbonyl (C=O) groups excluding carboxylic acids is 1. The third kappa shape index (κ3) is 4.85. The second kappa shape index (κ2) is 9.66. The molecule has 4 aromatic rings. The molecule has 0 aliphatic carbocycles. The van der Waals surface area contributed by atoms with Gasteiger partial charge in [-0.2, -0.15) is 9.78 Å². The zero-order valence-corrected chi connectivity index (χ0v) is 19.3. The van der Waals surface area contributed by atoms with Gasteiger partial charge >= 0.3 is 5.69 Å². The molecule has 2 aromatic heterocycles. The summed E-state index contributed by atoms with van der Waals surface area (Å²) >= 11 is 0. The van der Waals surface area contributed by atoms with Crippen molar-refractivity contribution in [3.63, 3.8) is 0 Å². The minimum absolute atomic E-state index is 0.0301. The molecular weight excluding hydrogens is 430 g/mol. The van der Waals surface area contributed by atoms with Crippen molar-refractivity contribution in [3.8, 4) is 5.69 Å². The van der Waals surface area contributed by atoms with E-state index < -0.39 is 17.2 Å². The van der Waals surface area contributed by atoms with E-state index in [9.17, 15) is 14.4 Å². The van der Waals surface area contributed by atoms with E-state index in [2.05, 4.69) is 15.4 Å². The van der Waals surface area contributed by atoms with Crippen LogP contribution in [0, 0.1) is 20.8 Å². The van der Waals surface area contributed by atoms with Crippen LogP contribution in [0.3, 0.4) is 0 Å². The topological polar surface area (TPSA) is 98.9 Å². The first-order valence-electron chi connectivity index (χ1n) is 10.9. The van der Waals surface area contributed by atoms with Crippen LogP contribution < -0.4 is 16.6 Å². The average molecular weight is 456 g/mol. The van der Waals surface area contributed by atoms with Crippen LogP contribution in [-0.4, -0.2) is 25.2 Å². The minimum atomic E-state index is -0.735. The molecule has 1 N–H and O–H groups in total. The van der Waals surface area contributed by atoms with Gasteiger partial charge in [0, 0.05) is 18.9 Å². The van der Waals surface area contributed by atoms with Crippen molar-refractivity contribution >= 4 is 5.91 Å². The van der Waals surface area contributed by atoms with Gasteiger partial charge in [0.25, 0.3) is 11.5 Å². The van der Waals surface area contributed by atoms with Crippen molar-refractivity contribution in [2.75, 3.05) is 0 Å². The molecule has 4 rings (SSSR count). The van der Waals surface area contributed by atoms with Crippen LogP contribution in [0.1, 0.15) is 38.3 Å². The number of pyridine rings is 1. The van der Waals surface area contributed by atoms with Gasteiger partial charge in [0.2, 0.25) is 5.69 Å². The van der Waals surface area contributed by atoms with Crippen LogP contribution in [-0.2, 0) is 13.1 Å². The van der Waals surface area contributed by atoms with Crippen LogP contribution in [0.15, 0.2) is 76.6 Å². The van der Waals surface area contributed by atoms with Gasteiger partial charge in [-0.25, -0.2) is 4.79 Å². The molecule has 0 aliphatic rings. The summed E-state index contributed by atoms with van der Waals surface area (Å²) in [5.41, 5.74) is 3.24. The highest BCUT2D eigenvalue weighted by Gasteiger charge is 2.21. The molecule has 0 fully saturated rings. The van der Waals surface area contributed by atoms with Crippen LogP contribution in [0.5, 0.6) is 0 Å². The van der Waals surface area contributed by atoms with Crippen molar-refractivity contribution in [2.45, 2.75) is 33.9 Å². The number of benzene rings is 2. The lowest BCUT2D eigenvalue weighted by Crippen LogP contribution is -2.46. The Morgan fingerprint density at radius 3 is 2.29 bits per heavy atom. The van der Waals surface area contributed by atoms with Crippen molar-refractivity contribution < 1.29 is 4.79 Å². The third-order valence-corrected chi connectivity index (χ3v) is 5.52. The first kappa shape index (κ1) is 22.8. The van der Waals surface area contributed by atoms with E-state index in [0.29, 0.717) is 5.69 Å². The van der Waals surface area contributed by atoms with E-state index in [1.165, 1.54) is 0 Å². The van der Waals surface area contributed by atoms with Crippen molar-refractivity contribution in [1.82, 2.24) is 24.6 Å². The second-order valence-corrected chi connectivity index (χ2v) is 8.24. The lowest BCUT2D eigenvalue weighted by atomic mass is 10.1. The summed E-state index contributed by atoms with van der Waals surface area (Å²) in [7, 11) is 0. The SMILES string of the molecule is Cc1cc(C)cc(-n2nc(C(=O)NCc3ccncc3)c(=O)n(Cc3ccccc3C)c2=O)c1. The number of hydrogen-bond acceptors (Lipinski definition) is 5. The molecule has 1 amide bonds. The highest BCUT2D eigenvalue weighted by molar-refractivity contribution is 5.91. The predicted molar refractivity (Wildman–Crippen MR) is 129 cm³/mol. The molecule has 8 heteroatoms. The first-order chi connectivity index (χ1) is 16.3. The Bertz CT molecular complexity index is 1450. The van der Waals surface area contributed by atoms with E-state index in [0.717, 1.165) is 37.1 Å². The maximum atomic E-state index is 13.4. The Hall–Kier alpha value is -4.33. The number of nitrogens with one attached hydrogen (secondary N) is 1. The lowest BCUT2D eigenvalue weighted by molar-refractivity contribution is 0.0941. The Morgan fingerprint density at radius 2 is 1.62 bits per heavy atom. The molecule has 0 bridgehead atoms. The van der Waals surface area contributed by atoms with Gasteiger partial charge in [0.1, 0.15) is 0 Å². The van der Waals surface area contributed by atoms with Gasteiger partial charge in [-0.05, 0) is 72.9 Å². The Balaban J connectivity index is 1.83. The molecule has 0 saturated carbocycles. The molecular formula is C26H25N5O3. The Kier molecular flexibility index (Phi) is 6.49. The number of hydrogen-bond donors (Lipinski definition) is 1. The fourth-order valence-electron chi connectivity index (χ4n) is 3.76. The van der Waals surface area contributed by atoms with Crippen molar-refractivity contribution in [2.24, 2.45) is 0 Å². The molecule has 0 atom stereocenters. The molecule has 34 heavy (non-hydrogen) atoms. The molecule has 2 aromatic carbocycles. The quantitative estimate of drug-likeness (QED) is 0.482. The van der Waals surface area contributed by atoms with Gasteiger partial charge in [-0.1, -0.05) is 30.3 Å². The maximum absolute atomic E-state index is 13.4. The summed E-state index contributed by atoms with van der Waals surface area (Å²) in [6.07, 6.45) is 3.24. The second-order valence-electron chi connectivity index (χ2n) is 8.24. The number of nitrogens with zero attached hydrogens (tertiary/aromatic N) is 4. The fourth-order valence-corrected chi connectivity index (χ4v) is 3.76. The van der Waals surface area contributed by atoms with Crippen molar-refractivity contribution in [3.05, 3.63) is 121 Å². The molecule has 8 nitrogen and oxygen atoms in total. The molecule has 172 valence electrons. The summed E-state index contributed by atoms with van der Waals surface area (Å²) in [5.74, 6) is -0.654. The molecule has 0 saturated heterocycles. The number of aryl methyl sites for hydroxylation is 3. The smallest absolute Gasteiger partial charge is 0.346 e. The zero-order chi connectivity index (χ0) is 24.2. The van der Waals surface area contributed by atoms with E-state index in [1.54, 1.807) is 36.7 Å². The Morgan fingerprint density at radius 1 is 0.941 bits per heavy atom. The maximum Gasteiger partial charge on any atom is 0.352 e. The normalized spacial score (nSPS) is 10.8. The van der Waals surface area contributed by atoms with Gasteiger partial charge in [0.05, 0.1) is 12.2 Å². The summed E-state index contributed by atoms with van der Waals surface area (Å²) in [4.78, 5) is 43.7. The molecule has 0 radical (unpaired) electrons. The van der Waals surface area contributed by atoms with Gasteiger partial charge < -0.3 is 5.32 Å². The highest BCUT2D eigenvalue weighted by atomic mass is 16.2. The summed E-state index contributed by atoms with van der Waals surface area (Å²) < 4.78 is 2.19. The lowest BCUT2D eigenvalue weighted by Gasteiger charge is -2.14. The largest absolute Gasteiger partial charge is 0.352 e. The molecule has 0 unspecified atom stereocenters. The monoisotopic (exact) mass is 455 g/mol. The standard InChI is InChI=1S/C26H25N5O3/c1-17-12-18(2)14-22(13-17)31-26(34)30(16-21-7-5-4-6-19(21)3)25(33)23(29-31)24(32)28-15-20-8-10-27-11-9-20/h4-14H,15-16H2,1-3H3,(H,28,32). The minimum Gasteiger partial charge on any atom is -0.346 e. The molecule has 2 heterocycles. The number of carbonyl (C=O) groups is 1. The summed E-state index contributed by atoms with van der Waals surface area (Å²) in [5, 5.41) is 6.93. The Labute approximate surface area is 196 Å². The van der Waals surface area contributed by atoms with Gasteiger partial charge in [-0.3, -0.25) is 19.1 Å². The highest BCUT2D eigenvalue weighted by Crippen LogP contribution is 2.12. The van der Waals surface area contributed by atoms with Crippen LogP contribution >= 0.6 is 0 Å². The van der Waals surface area contributed by atoms with E-state index in [4.69, 9.17) is 0 Å². The number of aromatic nitrogens is 4. The third-order valence-electron chi connectivity index (χ3n) is 5.52. The fraction of sp³-hybridized carbons (Fsp3) is 0.192. The predicted octanol–water partition coefficient (Wildman–Crippen LogP) is 2.69. The number of rotatable bonds is 6. The average Bonchev–Trinajstić information content (AvgIpc) is 2.81. The summed E-state index contributed by atoms with van der Waals surface area (Å²) in [6, 6.07) is 16.6. The van der Waals surface area contributed by atoms with E-state index >= 15 is 0 Å². The van der Waals surface area contributed by atoms with E-state index in [1.807, 2.05) is 51.1 Å². The van der Waals surface area contributed by atoms with Gasteiger partial charge in [-0.15, -0.1) is 0 Å². The van der Waals surface area contributed by atoms with Crippen LogP contribution in [0.4, 0.5) is 0 Å². The van der Waals surface area contributed by atoms with Crippen LogP contribution in [0.25, 0.3) is 5.69 Å². The molecule has 0 spiro atoms. The zero-order valence-electron chi connectivity index (χ0n) is 19.3. The van der Waals surface area contributed by atoms with Crippen molar-refractivity contribution in [1.29, 1.82) is 0 Å². The molecule has 0 aliphatic heterocycles. The van der Waals surface area contributed by atoms with E-state index in [-0.39, 0.29) is 18.8 Å². The summed E-state index contributed by atoms with van der Waals surface area (Å²) in [6.45, 7) is 5.96. The first-order valence-corrected chi connectivity index (χ1v) is 10.9.